The molecule has 0 radical (unpaired) electrons. The first-order valence-electron chi connectivity index (χ1n) is 11.6. The summed E-state index contributed by atoms with van der Waals surface area (Å²) in [6.45, 7) is 15.4. The van der Waals surface area contributed by atoms with E-state index < -0.39 is 5.97 Å². The maximum Gasteiger partial charge on any atom is 0.358 e. The molecule has 0 aliphatic carbocycles. The first kappa shape index (κ1) is 29.1. The smallest absolute Gasteiger partial charge is 0.358 e. The molecule has 1 amide bonds. The normalized spacial score (nSPS) is 11.5. The first-order chi connectivity index (χ1) is 16.7. The molecule has 0 aliphatic rings. The summed E-state index contributed by atoms with van der Waals surface area (Å²) in [4.78, 5) is 25.1. The summed E-state index contributed by atoms with van der Waals surface area (Å²) in [6.07, 6.45) is 3.29. The fourth-order valence-electron chi connectivity index (χ4n) is 2.94. The monoisotopic (exact) mass is 511 g/mol. The van der Waals surface area contributed by atoms with Crippen LogP contribution in [0.3, 0.4) is 0 Å². The van der Waals surface area contributed by atoms with Crippen molar-refractivity contribution in [1.82, 2.24) is 15.0 Å². The third-order valence-electron chi connectivity index (χ3n) is 5.36. The Morgan fingerprint density at radius 1 is 1.08 bits per heavy atom. The number of aromatic nitrogens is 3. The van der Waals surface area contributed by atoms with E-state index in [-0.39, 0.29) is 17.0 Å². The molecule has 0 atom stereocenters. The van der Waals surface area contributed by atoms with E-state index in [2.05, 4.69) is 63.2 Å². The van der Waals surface area contributed by atoms with Gasteiger partial charge in [-0.25, -0.2) is 9.48 Å². The Hall–Kier alpha value is -3.17. The lowest BCUT2D eigenvalue weighted by Gasteiger charge is -2.21. The predicted molar refractivity (Wildman–Crippen MR) is 146 cm³/mol. The zero-order valence-electron chi connectivity index (χ0n) is 22.3. The highest BCUT2D eigenvalue weighted by Crippen LogP contribution is 2.32. The van der Waals surface area contributed by atoms with Crippen molar-refractivity contribution in [2.45, 2.75) is 58.8 Å². The summed E-state index contributed by atoms with van der Waals surface area (Å²) >= 11 is 1.57. The van der Waals surface area contributed by atoms with Crippen LogP contribution in [0.15, 0.2) is 47.5 Å². The van der Waals surface area contributed by atoms with Gasteiger partial charge in [-0.3, -0.25) is 4.79 Å². The van der Waals surface area contributed by atoms with E-state index in [0.29, 0.717) is 16.7 Å². The second-order valence-electron chi connectivity index (χ2n) is 10.7. The van der Waals surface area contributed by atoms with E-state index in [0.717, 1.165) is 28.3 Å². The molecular weight excluding hydrogens is 474 g/mol. The van der Waals surface area contributed by atoms with Crippen LogP contribution in [-0.2, 0) is 5.41 Å². The zero-order chi connectivity index (χ0) is 27.3. The standard InChI is InChI=1S/C22H24N4O3S.C5H13N/c1-13-6-7-14(10-18(13)26-12-17(21(28)29)24-25-26)20(27)23-16-11-15(22(2,3)4)8-9-19(16)30-5;1-5(2,3)4-6/h6-12H,1-5H3,(H,23,27)(H,28,29);4,6H2,1-3H3. The highest BCUT2D eigenvalue weighted by Gasteiger charge is 2.18. The molecule has 0 bridgehead atoms. The van der Waals surface area contributed by atoms with Crippen molar-refractivity contribution in [3.05, 3.63) is 65.0 Å². The van der Waals surface area contributed by atoms with Crippen LogP contribution < -0.4 is 11.1 Å². The van der Waals surface area contributed by atoms with E-state index in [1.54, 1.807) is 30.0 Å². The molecule has 0 saturated carbocycles. The lowest BCUT2D eigenvalue weighted by Crippen LogP contribution is -2.18. The molecule has 4 N–H and O–H groups in total. The molecule has 36 heavy (non-hydrogen) atoms. The quantitative estimate of drug-likeness (QED) is 0.384. The van der Waals surface area contributed by atoms with Crippen LogP contribution in [0.2, 0.25) is 0 Å². The van der Waals surface area contributed by atoms with E-state index in [4.69, 9.17) is 10.8 Å². The van der Waals surface area contributed by atoms with E-state index >= 15 is 0 Å². The number of benzene rings is 2. The molecule has 8 nitrogen and oxygen atoms in total. The molecule has 0 unspecified atom stereocenters. The fraction of sp³-hybridized carbons (Fsp3) is 0.407. The number of nitrogens with one attached hydrogen (secondary N) is 1. The van der Waals surface area contributed by atoms with Crippen LogP contribution in [0.4, 0.5) is 5.69 Å². The molecule has 0 aliphatic heterocycles. The number of carboxylic acid groups (broad SMARTS) is 1. The Balaban J connectivity index is 0.000000678. The number of anilines is 1. The number of hydrogen-bond donors (Lipinski definition) is 3. The highest BCUT2D eigenvalue weighted by atomic mass is 32.2. The van der Waals surface area contributed by atoms with E-state index in [1.165, 1.54) is 10.9 Å². The van der Waals surface area contributed by atoms with Gasteiger partial charge in [0.2, 0.25) is 0 Å². The van der Waals surface area contributed by atoms with Gasteiger partial charge in [0, 0.05) is 10.5 Å². The molecule has 194 valence electrons. The lowest BCUT2D eigenvalue weighted by atomic mass is 9.87. The van der Waals surface area contributed by atoms with Crippen molar-refractivity contribution in [2.24, 2.45) is 11.1 Å². The van der Waals surface area contributed by atoms with Gasteiger partial charge in [0.1, 0.15) is 0 Å². The Morgan fingerprint density at radius 2 is 1.72 bits per heavy atom. The summed E-state index contributed by atoms with van der Waals surface area (Å²) in [5.41, 5.74) is 9.19. The van der Waals surface area contributed by atoms with E-state index in [9.17, 15) is 9.59 Å². The number of aryl methyl sites for hydroxylation is 1. The van der Waals surface area contributed by atoms with Gasteiger partial charge >= 0.3 is 5.97 Å². The number of rotatable bonds is 5. The van der Waals surface area contributed by atoms with Gasteiger partial charge in [0.15, 0.2) is 5.69 Å². The fourth-order valence-corrected chi connectivity index (χ4v) is 3.48. The molecule has 3 aromatic rings. The Morgan fingerprint density at radius 3 is 2.22 bits per heavy atom. The van der Waals surface area contributed by atoms with Crippen LogP contribution in [-0.4, -0.2) is 44.8 Å². The van der Waals surface area contributed by atoms with Gasteiger partial charge in [-0.2, -0.15) is 0 Å². The van der Waals surface area contributed by atoms with Crippen molar-refractivity contribution in [3.63, 3.8) is 0 Å². The van der Waals surface area contributed by atoms with Crippen LogP contribution in [0.1, 0.15) is 73.5 Å². The Bertz CT molecular complexity index is 1220. The predicted octanol–water partition coefficient (Wildman–Crippen LogP) is 5.54. The van der Waals surface area contributed by atoms with Gasteiger partial charge in [0.05, 0.1) is 17.6 Å². The second kappa shape index (κ2) is 11.7. The van der Waals surface area contributed by atoms with Gasteiger partial charge in [0.25, 0.3) is 5.91 Å². The van der Waals surface area contributed by atoms with E-state index in [1.807, 2.05) is 25.3 Å². The average Bonchev–Trinajstić information content (AvgIpc) is 3.29. The number of nitrogens with two attached hydrogens (primary N) is 1. The van der Waals surface area contributed by atoms with Crippen molar-refractivity contribution in [2.75, 3.05) is 18.1 Å². The molecule has 9 heteroatoms. The lowest BCUT2D eigenvalue weighted by molar-refractivity contribution is 0.0690. The molecule has 1 aromatic heterocycles. The third kappa shape index (κ3) is 7.93. The topological polar surface area (TPSA) is 123 Å². The Labute approximate surface area is 217 Å². The van der Waals surface area contributed by atoms with Crippen molar-refractivity contribution >= 4 is 29.3 Å². The number of hydrogen-bond acceptors (Lipinski definition) is 6. The molecule has 0 spiro atoms. The second-order valence-corrected chi connectivity index (χ2v) is 11.6. The van der Waals surface area contributed by atoms with Crippen LogP contribution >= 0.6 is 11.8 Å². The molecule has 1 heterocycles. The van der Waals surface area contributed by atoms with Crippen molar-refractivity contribution < 1.29 is 14.7 Å². The SMILES string of the molecule is CC(C)(C)CN.CSc1ccc(C(C)(C)C)cc1NC(=O)c1ccc(C)c(-n2cc(C(=O)O)nn2)c1. The Kier molecular flexibility index (Phi) is 9.45. The highest BCUT2D eigenvalue weighted by molar-refractivity contribution is 7.98. The average molecular weight is 512 g/mol. The molecule has 0 saturated heterocycles. The molecule has 3 rings (SSSR count). The number of aromatic carboxylic acids is 1. The minimum atomic E-state index is -1.16. The first-order valence-corrected chi connectivity index (χ1v) is 12.9. The summed E-state index contributed by atoms with van der Waals surface area (Å²) < 4.78 is 1.36. The summed E-state index contributed by atoms with van der Waals surface area (Å²) in [5.74, 6) is -1.41. The van der Waals surface area contributed by atoms with Gasteiger partial charge in [-0.05, 0) is 65.9 Å². The largest absolute Gasteiger partial charge is 0.476 e. The molecule has 0 fully saturated rings. The number of amides is 1. The van der Waals surface area contributed by atoms with Gasteiger partial charge in [-0.1, -0.05) is 58.9 Å². The number of carboxylic acids is 1. The van der Waals surface area contributed by atoms with Crippen molar-refractivity contribution in [3.8, 4) is 5.69 Å². The summed E-state index contributed by atoms with van der Waals surface area (Å²) in [7, 11) is 0. The number of carbonyl (C=O) groups excluding carboxylic acids is 1. The molecule has 2 aromatic carbocycles. The van der Waals surface area contributed by atoms with Gasteiger partial charge < -0.3 is 16.2 Å². The van der Waals surface area contributed by atoms with Crippen LogP contribution in [0.5, 0.6) is 0 Å². The maximum atomic E-state index is 13.0. The number of thioether (sulfide) groups is 1. The summed E-state index contributed by atoms with van der Waals surface area (Å²) in [5, 5.41) is 19.6. The van der Waals surface area contributed by atoms with Crippen molar-refractivity contribution in [1.29, 1.82) is 0 Å². The van der Waals surface area contributed by atoms with Gasteiger partial charge in [-0.15, -0.1) is 16.9 Å². The van der Waals surface area contributed by atoms with Crippen LogP contribution in [0, 0.1) is 12.3 Å². The maximum absolute atomic E-state index is 13.0. The minimum absolute atomic E-state index is 0.0393. The molecular formula is C27H37N5O3S. The zero-order valence-corrected chi connectivity index (χ0v) is 23.2. The summed E-state index contributed by atoms with van der Waals surface area (Å²) in [6, 6.07) is 11.3. The van der Waals surface area contributed by atoms with Crippen LogP contribution in [0.25, 0.3) is 5.69 Å². The number of carbonyl (C=O) groups is 2. The third-order valence-corrected chi connectivity index (χ3v) is 6.15. The number of nitrogens with zero attached hydrogens (tertiary/aromatic N) is 3. The minimum Gasteiger partial charge on any atom is -0.476 e.